The lowest BCUT2D eigenvalue weighted by Gasteiger charge is -2.23. The molecular formula is C15H25N3O2S. The molecule has 2 rings (SSSR count). The quantitative estimate of drug-likeness (QED) is 0.928. The zero-order valence-electron chi connectivity index (χ0n) is 13.1. The van der Waals surface area contributed by atoms with Gasteiger partial charge in [0.2, 0.25) is 10.0 Å². The SMILES string of the molecule is CCNc1ccc(S(=O)(=O)N2CCCC(C)(C)CC2)cn1. The topological polar surface area (TPSA) is 62.3 Å². The molecule has 0 saturated carbocycles. The fourth-order valence-corrected chi connectivity index (χ4v) is 4.03. The fourth-order valence-electron chi connectivity index (χ4n) is 2.61. The molecule has 6 heteroatoms. The van der Waals surface area contributed by atoms with Crippen LogP contribution in [0.2, 0.25) is 0 Å². The number of sulfonamides is 1. The largest absolute Gasteiger partial charge is 0.370 e. The molecule has 0 atom stereocenters. The van der Waals surface area contributed by atoms with E-state index < -0.39 is 10.0 Å². The summed E-state index contributed by atoms with van der Waals surface area (Å²) in [5, 5.41) is 3.07. The standard InChI is InChI=1S/C15H25N3O2S/c1-4-16-14-7-6-13(12-17-14)21(19,20)18-10-5-8-15(2,3)9-11-18/h6-7,12H,4-5,8-11H2,1-3H3,(H,16,17). The molecule has 5 nitrogen and oxygen atoms in total. The average molecular weight is 311 g/mol. The number of rotatable bonds is 4. The lowest BCUT2D eigenvalue weighted by atomic mass is 9.85. The van der Waals surface area contributed by atoms with Gasteiger partial charge in [-0.15, -0.1) is 0 Å². The summed E-state index contributed by atoms with van der Waals surface area (Å²) in [4.78, 5) is 4.45. The molecule has 1 aliphatic heterocycles. The van der Waals surface area contributed by atoms with Gasteiger partial charge >= 0.3 is 0 Å². The van der Waals surface area contributed by atoms with Crippen LogP contribution in [-0.2, 0) is 10.0 Å². The molecule has 1 saturated heterocycles. The lowest BCUT2D eigenvalue weighted by Crippen LogP contribution is -2.32. The van der Waals surface area contributed by atoms with Crippen LogP contribution in [0.3, 0.4) is 0 Å². The van der Waals surface area contributed by atoms with Crippen molar-refractivity contribution in [2.75, 3.05) is 25.0 Å². The summed E-state index contributed by atoms with van der Waals surface area (Å²) in [5.74, 6) is 0.702. The second-order valence-corrected chi connectivity index (χ2v) is 8.27. The summed E-state index contributed by atoms with van der Waals surface area (Å²) in [5.41, 5.74) is 0.220. The Kier molecular flexibility index (Phi) is 4.88. The van der Waals surface area contributed by atoms with Crippen molar-refractivity contribution in [1.29, 1.82) is 0 Å². The number of anilines is 1. The van der Waals surface area contributed by atoms with Crippen LogP contribution in [0, 0.1) is 5.41 Å². The molecule has 0 bridgehead atoms. The molecule has 0 radical (unpaired) electrons. The molecule has 1 aliphatic rings. The zero-order chi connectivity index (χ0) is 15.5. The first-order valence-corrected chi connectivity index (χ1v) is 8.99. The van der Waals surface area contributed by atoms with Crippen LogP contribution >= 0.6 is 0 Å². The van der Waals surface area contributed by atoms with E-state index in [0.717, 1.165) is 25.8 Å². The molecule has 0 aromatic carbocycles. The number of nitrogens with zero attached hydrogens (tertiary/aromatic N) is 2. The van der Waals surface area contributed by atoms with Crippen LogP contribution in [0.15, 0.2) is 23.2 Å². The van der Waals surface area contributed by atoms with Gasteiger partial charge in [0.15, 0.2) is 0 Å². The Hall–Kier alpha value is -1.14. The van der Waals surface area contributed by atoms with Gasteiger partial charge in [-0.2, -0.15) is 4.31 Å². The van der Waals surface area contributed by atoms with E-state index in [0.29, 0.717) is 18.9 Å². The van der Waals surface area contributed by atoms with Gasteiger partial charge in [-0.3, -0.25) is 0 Å². The molecule has 1 fully saturated rings. The molecule has 21 heavy (non-hydrogen) atoms. The first kappa shape index (κ1) is 16.2. The van der Waals surface area contributed by atoms with Gasteiger partial charge in [0.05, 0.1) is 0 Å². The predicted octanol–water partition coefficient (Wildman–Crippen LogP) is 2.71. The van der Waals surface area contributed by atoms with Gasteiger partial charge in [-0.05, 0) is 43.7 Å². The second kappa shape index (κ2) is 6.32. The second-order valence-electron chi connectivity index (χ2n) is 6.33. The third-order valence-electron chi connectivity index (χ3n) is 4.03. The monoisotopic (exact) mass is 311 g/mol. The first-order chi connectivity index (χ1) is 9.85. The predicted molar refractivity (Wildman–Crippen MR) is 84.8 cm³/mol. The highest BCUT2D eigenvalue weighted by molar-refractivity contribution is 7.89. The lowest BCUT2D eigenvalue weighted by molar-refractivity contribution is 0.315. The Balaban J connectivity index is 2.17. The number of nitrogens with one attached hydrogen (secondary N) is 1. The molecule has 1 aromatic heterocycles. The normalized spacial score (nSPS) is 20.0. The van der Waals surface area contributed by atoms with E-state index in [1.54, 1.807) is 16.4 Å². The van der Waals surface area contributed by atoms with Crippen molar-refractivity contribution in [3.63, 3.8) is 0 Å². The maximum Gasteiger partial charge on any atom is 0.244 e. The Bertz CT molecular complexity index is 567. The van der Waals surface area contributed by atoms with Gasteiger partial charge in [0, 0.05) is 25.8 Å². The van der Waals surface area contributed by atoms with Crippen LogP contribution < -0.4 is 5.32 Å². The highest BCUT2D eigenvalue weighted by atomic mass is 32.2. The molecule has 1 aromatic rings. The number of pyridine rings is 1. The molecule has 0 aliphatic carbocycles. The van der Waals surface area contributed by atoms with Crippen LogP contribution in [0.4, 0.5) is 5.82 Å². The highest BCUT2D eigenvalue weighted by Crippen LogP contribution is 2.31. The Labute approximate surface area is 127 Å². The first-order valence-electron chi connectivity index (χ1n) is 7.55. The van der Waals surface area contributed by atoms with Crippen molar-refractivity contribution in [3.05, 3.63) is 18.3 Å². The molecule has 0 spiro atoms. The van der Waals surface area contributed by atoms with Crippen molar-refractivity contribution in [2.24, 2.45) is 5.41 Å². The van der Waals surface area contributed by atoms with Crippen molar-refractivity contribution in [2.45, 2.75) is 44.9 Å². The van der Waals surface area contributed by atoms with Crippen LogP contribution in [0.5, 0.6) is 0 Å². The highest BCUT2D eigenvalue weighted by Gasteiger charge is 2.30. The van der Waals surface area contributed by atoms with Gasteiger partial charge in [0.25, 0.3) is 0 Å². The van der Waals surface area contributed by atoms with Crippen LogP contribution in [0.1, 0.15) is 40.0 Å². The Morgan fingerprint density at radius 3 is 2.67 bits per heavy atom. The maximum absolute atomic E-state index is 12.7. The summed E-state index contributed by atoms with van der Waals surface area (Å²) in [7, 11) is -3.42. The van der Waals surface area contributed by atoms with Gasteiger partial charge < -0.3 is 5.32 Å². The summed E-state index contributed by atoms with van der Waals surface area (Å²) in [6, 6.07) is 3.36. The molecule has 0 amide bonds. The molecule has 118 valence electrons. The Morgan fingerprint density at radius 1 is 1.29 bits per heavy atom. The van der Waals surface area contributed by atoms with Crippen molar-refractivity contribution >= 4 is 15.8 Å². The van der Waals surface area contributed by atoms with E-state index >= 15 is 0 Å². The van der Waals surface area contributed by atoms with Gasteiger partial charge in [-0.1, -0.05) is 13.8 Å². The van der Waals surface area contributed by atoms with Crippen molar-refractivity contribution in [3.8, 4) is 0 Å². The number of hydrogen-bond donors (Lipinski definition) is 1. The molecule has 1 N–H and O–H groups in total. The molecule has 2 heterocycles. The van der Waals surface area contributed by atoms with E-state index in [2.05, 4.69) is 24.1 Å². The van der Waals surface area contributed by atoms with E-state index in [-0.39, 0.29) is 10.3 Å². The number of hydrogen-bond acceptors (Lipinski definition) is 4. The average Bonchev–Trinajstić information content (AvgIpc) is 2.61. The summed E-state index contributed by atoms with van der Waals surface area (Å²) < 4.78 is 27.0. The zero-order valence-corrected chi connectivity index (χ0v) is 13.9. The third kappa shape index (κ3) is 3.95. The van der Waals surface area contributed by atoms with Crippen molar-refractivity contribution in [1.82, 2.24) is 9.29 Å². The van der Waals surface area contributed by atoms with Gasteiger partial charge in [0.1, 0.15) is 10.7 Å². The fraction of sp³-hybridized carbons (Fsp3) is 0.667. The van der Waals surface area contributed by atoms with E-state index in [4.69, 9.17) is 0 Å². The summed E-state index contributed by atoms with van der Waals surface area (Å²) in [6.07, 6.45) is 4.32. The third-order valence-corrected chi connectivity index (χ3v) is 5.91. The van der Waals surface area contributed by atoms with Crippen LogP contribution in [-0.4, -0.2) is 37.3 Å². The maximum atomic E-state index is 12.7. The molecule has 0 unspecified atom stereocenters. The van der Waals surface area contributed by atoms with Crippen LogP contribution in [0.25, 0.3) is 0 Å². The van der Waals surface area contributed by atoms with E-state index in [1.165, 1.54) is 6.20 Å². The summed E-state index contributed by atoms with van der Waals surface area (Å²) in [6.45, 7) is 8.34. The minimum Gasteiger partial charge on any atom is -0.370 e. The minimum atomic E-state index is -3.42. The smallest absolute Gasteiger partial charge is 0.244 e. The Morgan fingerprint density at radius 2 is 2.05 bits per heavy atom. The molecular weight excluding hydrogens is 286 g/mol. The van der Waals surface area contributed by atoms with Crippen molar-refractivity contribution < 1.29 is 8.42 Å². The van der Waals surface area contributed by atoms with E-state index in [1.807, 2.05) is 6.92 Å². The minimum absolute atomic E-state index is 0.220. The van der Waals surface area contributed by atoms with Gasteiger partial charge in [-0.25, -0.2) is 13.4 Å². The summed E-state index contributed by atoms with van der Waals surface area (Å²) >= 11 is 0. The van der Waals surface area contributed by atoms with E-state index in [9.17, 15) is 8.42 Å². The number of aromatic nitrogens is 1.